The average molecular weight is 391 g/mol. The fraction of sp³-hybridized carbons (Fsp3) is 0.350. The van der Waals surface area contributed by atoms with Crippen LogP contribution in [-0.2, 0) is 0 Å². The minimum absolute atomic E-state index is 0.0971. The molecule has 0 saturated heterocycles. The normalized spacial score (nSPS) is 10.8. The number of carbonyl (C=O) groups excluding carboxylic acids is 1. The van der Waals surface area contributed by atoms with Crippen LogP contribution in [0.1, 0.15) is 53.6 Å². The monoisotopic (exact) mass is 391 g/mol. The quantitative estimate of drug-likeness (QED) is 0.738. The van der Waals surface area contributed by atoms with Gasteiger partial charge in [0.1, 0.15) is 28.7 Å². The third-order valence-electron chi connectivity index (χ3n) is 4.08. The molecular formula is C20H23F2N3O3. The highest BCUT2D eigenvalue weighted by atomic mass is 19.1. The van der Waals surface area contributed by atoms with Crippen molar-refractivity contribution < 1.29 is 23.5 Å². The molecule has 0 aliphatic rings. The molecule has 150 valence electrons. The molecule has 1 aromatic carbocycles. The highest BCUT2D eigenvalue weighted by molar-refractivity contribution is 6.03. The van der Waals surface area contributed by atoms with Gasteiger partial charge in [-0.05, 0) is 57.0 Å². The standard InChI is InChI=1S/C20H23F2N3O3/c1-5-6-25(11(2)3)17-8-12(4)7-16(24-17)19(26)23-13-9-14(21)18(20(27)28)15(22)10-13/h7-11H,5-6H2,1-4H3,(H,23,26)(H,27,28). The van der Waals surface area contributed by atoms with Crippen molar-refractivity contribution in [2.45, 2.75) is 40.2 Å². The molecule has 0 aliphatic heterocycles. The number of aromatic carboxylic acids is 1. The Balaban J connectivity index is 2.33. The maximum atomic E-state index is 13.8. The largest absolute Gasteiger partial charge is 0.477 e. The summed E-state index contributed by atoms with van der Waals surface area (Å²) >= 11 is 0. The lowest BCUT2D eigenvalue weighted by atomic mass is 10.1. The molecular weight excluding hydrogens is 368 g/mol. The van der Waals surface area contributed by atoms with Gasteiger partial charge in [-0.1, -0.05) is 6.92 Å². The number of carbonyl (C=O) groups is 2. The zero-order chi connectivity index (χ0) is 21.0. The summed E-state index contributed by atoms with van der Waals surface area (Å²) < 4.78 is 27.7. The molecule has 0 bridgehead atoms. The molecule has 28 heavy (non-hydrogen) atoms. The van der Waals surface area contributed by atoms with Crippen LogP contribution in [0.15, 0.2) is 24.3 Å². The van der Waals surface area contributed by atoms with Crippen LogP contribution in [0.3, 0.4) is 0 Å². The molecule has 6 nitrogen and oxygen atoms in total. The first kappa shape index (κ1) is 21.3. The number of nitrogens with one attached hydrogen (secondary N) is 1. The minimum Gasteiger partial charge on any atom is -0.477 e. The lowest BCUT2D eigenvalue weighted by Crippen LogP contribution is -2.32. The summed E-state index contributed by atoms with van der Waals surface area (Å²) in [6.45, 7) is 8.68. The van der Waals surface area contributed by atoms with Crippen molar-refractivity contribution in [1.82, 2.24) is 4.98 Å². The van der Waals surface area contributed by atoms with Gasteiger partial charge >= 0.3 is 5.97 Å². The Bertz CT molecular complexity index is 877. The molecule has 1 amide bonds. The lowest BCUT2D eigenvalue weighted by molar-refractivity contribution is 0.0686. The number of pyridine rings is 1. The summed E-state index contributed by atoms with van der Waals surface area (Å²) in [5.74, 6) is -4.26. The van der Waals surface area contributed by atoms with Crippen LogP contribution in [0.25, 0.3) is 0 Å². The number of carboxylic acid groups (broad SMARTS) is 1. The molecule has 1 heterocycles. The summed E-state index contributed by atoms with van der Waals surface area (Å²) in [5, 5.41) is 11.2. The molecule has 0 aliphatic carbocycles. The predicted octanol–water partition coefficient (Wildman–Crippen LogP) is 4.24. The second-order valence-electron chi connectivity index (χ2n) is 6.75. The van der Waals surface area contributed by atoms with Gasteiger partial charge in [0.2, 0.25) is 0 Å². The van der Waals surface area contributed by atoms with Gasteiger partial charge in [-0.3, -0.25) is 4.79 Å². The van der Waals surface area contributed by atoms with E-state index in [9.17, 15) is 18.4 Å². The van der Waals surface area contributed by atoms with Gasteiger partial charge in [0.25, 0.3) is 5.91 Å². The van der Waals surface area contributed by atoms with Crippen LogP contribution in [-0.4, -0.2) is 34.6 Å². The van der Waals surface area contributed by atoms with E-state index in [1.165, 1.54) is 0 Å². The molecule has 0 fully saturated rings. The van der Waals surface area contributed by atoms with Gasteiger partial charge < -0.3 is 15.3 Å². The highest BCUT2D eigenvalue weighted by Gasteiger charge is 2.20. The lowest BCUT2D eigenvalue weighted by Gasteiger charge is -2.28. The molecule has 0 radical (unpaired) electrons. The van der Waals surface area contributed by atoms with Gasteiger partial charge in [0, 0.05) is 18.3 Å². The second kappa shape index (κ2) is 8.77. The van der Waals surface area contributed by atoms with Gasteiger partial charge in [-0.25, -0.2) is 18.6 Å². The first-order chi connectivity index (χ1) is 13.1. The van der Waals surface area contributed by atoms with Crippen molar-refractivity contribution in [3.63, 3.8) is 0 Å². The average Bonchev–Trinajstić information content (AvgIpc) is 2.57. The van der Waals surface area contributed by atoms with E-state index >= 15 is 0 Å². The van der Waals surface area contributed by atoms with E-state index in [0.29, 0.717) is 5.82 Å². The van der Waals surface area contributed by atoms with Crippen molar-refractivity contribution in [1.29, 1.82) is 0 Å². The molecule has 2 rings (SSSR count). The third kappa shape index (κ3) is 4.82. The number of rotatable bonds is 7. The van der Waals surface area contributed by atoms with E-state index in [2.05, 4.69) is 15.2 Å². The van der Waals surface area contributed by atoms with E-state index in [0.717, 1.165) is 30.7 Å². The third-order valence-corrected chi connectivity index (χ3v) is 4.08. The van der Waals surface area contributed by atoms with Gasteiger partial charge in [0.05, 0.1) is 0 Å². The number of anilines is 2. The summed E-state index contributed by atoms with van der Waals surface area (Å²) in [6, 6.07) is 5.14. The Hall–Kier alpha value is -3.03. The van der Waals surface area contributed by atoms with Crippen LogP contribution in [0.5, 0.6) is 0 Å². The Kier molecular flexibility index (Phi) is 6.66. The number of aromatic nitrogens is 1. The first-order valence-corrected chi connectivity index (χ1v) is 8.93. The number of halogens is 2. The van der Waals surface area contributed by atoms with Crippen molar-refractivity contribution in [2.24, 2.45) is 0 Å². The summed E-state index contributed by atoms with van der Waals surface area (Å²) in [5.41, 5.74) is -0.347. The topological polar surface area (TPSA) is 82.5 Å². The maximum Gasteiger partial charge on any atom is 0.341 e. The minimum atomic E-state index is -1.72. The summed E-state index contributed by atoms with van der Waals surface area (Å²) in [7, 11) is 0. The molecule has 0 unspecified atom stereocenters. The van der Waals surface area contributed by atoms with Crippen LogP contribution >= 0.6 is 0 Å². The summed E-state index contributed by atoms with van der Waals surface area (Å²) in [4.78, 5) is 29.9. The van der Waals surface area contributed by atoms with Crippen molar-refractivity contribution in [2.75, 3.05) is 16.8 Å². The number of amides is 1. The van der Waals surface area contributed by atoms with Crippen molar-refractivity contribution >= 4 is 23.4 Å². The molecule has 0 spiro atoms. The van der Waals surface area contributed by atoms with Crippen LogP contribution < -0.4 is 10.2 Å². The number of carboxylic acids is 1. The number of benzene rings is 1. The molecule has 2 N–H and O–H groups in total. The fourth-order valence-corrected chi connectivity index (χ4v) is 2.84. The fourth-order valence-electron chi connectivity index (χ4n) is 2.84. The number of hydrogen-bond acceptors (Lipinski definition) is 4. The second-order valence-corrected chi connectivity index (χ2v) is 6.75. The van der Waals surface area contributed by atoms with Crippen molar-refractivity contribution in [3.8, 4) is 0 Å². The first-order valence-electron chi connectivity index (χ1n) is 8.93. The van der Waals surface area contributed by atoms with E-state index < -0.39 is 29.1 Å². The highest BCUT2D eigenvalue weighted by Crippen LogP contribution is 2.21. The Morgan fingerprint density at radius 2 is 1.79 bits per heavy atom. The van der Waals surface area contributed by atoms with E-state index in [4.69, 9.17) is 5.11 Å². The van der Waals surface area contributed by atoms with Gasteiger partial charge in [0.15, 0.2) is 0 Å². The molecule has 0 saturated carbocycles. The van der Waals surface area contributed by atoms with E-state index in [1.807, 2.05) is 33.8 Å². The molecule has 1 aromatic heterocycles. The van der Waals surface area contributed by atoms with E-state index in [1.54, 1.807) is 6.07 Å². The van der Waals surface area contributed by atoms with Crippen LogP contribution in [0.2, 0.25) is 0 Å². The van der Waals surface area contributed by atoms with Gasteiger partial charge in [-0.2, -0.15) is 0 Å². The zero-order valence-electron chi connectivity index (χ0n) is 16.2. The molecule has 2 aromatic rings. The number of aryl methyl sites for hydroxylation is 1. The Labute approximate surface area is 162 Å². The SMILES string of the molecule is CCCN(c1cc(C)cc(C(=O)Nc2cc(F)c(C(=O)O)c(F)c2)n1)C(C)C. The van der Waals surface area contributed by atoms with Crippen LogP contribution in [0.4, 0.5) is 20.3 Å². The van der Waals surface area contributed by atoms with Gasteiger partial charge in [-0.15, -0.1) is 0 Å². The molecule has 0 atom stereocenters. The predicted molar refractivity (Wildman–Crippen MR) is 103 cm³/mol. The zero-order valence-corrected chi connectivity index (χ0v) is 16.2. The van der Waals surface area contributed by atoms with Crippen LogP contribution in [0, 0.1) is 18.6 Å². The number of nitrogens with zero attached hydrogens (tertiary/aromatic N) is 2. The Morgan fingerprint density at radius 1 is 1.18 bits per heavy atom. The molecule has 8 heteroatoms. The van der Waals surface area contributed by atoms with E-state index in [-0.39, 0.29) is 17.4 Å². The Morgan fingerprint density at radius 3 is 2.29 bits per heavy atom. The summed E-state index contributed by atoms with van der Waals surface area (Å²) in [6.07, 6.45) is 0.907. The smallest absolute Gasteiger partial charge is 0.341 e. The maximum absolute atomic E-state index is 13.8. The number of hydrogen-bond donors (Lipinski definition) is 2. The van der Waals surface area contributed by atoms with Crippen molar-refractivity contribution in [3.05, 3.63) is 52.7 Å².